The quantitative estimate of drug-likeness (QED) is 0.702. The van der Waals surface area contributed by atoms with Crippen LogP contribution in [0.5, 0.6) is 0 Å². The fraction of sp³-hybridized carbons (Fsp3) is 0.154. The summed E-state index contributed by atoms with van der Waals surface area (Å²) in [6.45, 7) is 1.91. The Morgan fingerprint density at radius 2 is 2.05 bits per heavy atom. The van der Waals surface area contributed by atoms with Crippen LogP contribution in [0.3, 0.4) is 0 Å². The van der Waals surface area contributed by atoms with Crippen LogP contribution in [0, 0.1) is 0 Å². The lowest BCUT2D eigenvalue weighted by atomic mass is 10.1. The lowest BCUT2D eigenvalue weighted by Gasteiger charge is -2.14. The van der Waals surface area contributed by atoms with Gasteiger partial charge in [0.15, 0.2) is 0 Å². The summed E-state index contributed by atoms with van der Waals surface area (Å²) >= 11 is 14.2. The standard InChI is InChI=1S/C13H10Br2ClNOS/c1-7(8-4-2-3-5-10(8)16)17-13(18)11-6-9(14)12(15)19-11/h2-7H,1H3,(H,17,18)/t7-/m1/s1. The van der Waals surface area contributed by atoms with Gasteiger partial charge >= 0.3 is 0 Å². The molecule has 1 atom stereocenters. The van der Waals surface area contributed by atoms with Crippen LogP contribution in [-0.4, -0.2) is 5.91 Å². The van der Waals surface area contributed by atoms with Gasteiger partial charge in [0, 0.05) is 9.50 Å². The molecular weight excluding hydrogens is 413 g/mol. The van der Waals surface area contributed by atoms with Crippen LogP contribution in [0.2, 0.25) is 5.02 Å². The monoisotopic (exact) mass is 421 g/mol. The molecule has 0 unspecified atom stereocenters. The topological polar surface area (TPSA) is 29.1 Å². The maximum absolute atomic E-state index is 12.1. The van der Waals surface area contributed by atoms with Crippen LogP contribution in [-0.2, 0) is 0 Å². The molecule has 6 heteroatoms. The van der Waals surface area contributed by atoms with Crippen molar-refractivity contribution in [1.29, 1.82) is 0 Å². The smallest absolute Gasteiger partial charge is 0.261 e. The number of halogens is 3. The summed E-state index contributed by atoms with van der Waals surface area (Å²) in [6, 6.07) is 9.16. The van der Waals surface area contributed by atoms with E-state index in [-0.39, 0.29) is 11.9 Å². The van der Waals surface area contributed by atoms with Gasteiger partial charge in [-0.05, 0) is 56.5 Å². The van der Waals surface area contributed by atoms with Crippen LogP contribution >= 0.6 is 54.8 Å². The highest BCUT2D eigenvalue weighted by Crippen LogP contribution is 2.32. The van der Waals surface area contributed by atoms with E-state index >= 15 is 0 Å². The SMILES string of the molecule is C[C@@H](NC(=O)c1cc(Br)c(Br)s1)c1ccccc1Cl. The second-order valence-corrected chi connectivity index (χ2v) is 7.58. The van der Waals surface area contributed by atoms with Crippen LogP contribution in [0.15, 0.2) is 38.6 Å². The first-order chi connectivity index (χ1) is 8.99. The molecule has 0 radical (unpaired) electrons. The van der Waals surface area contributed by atoms with Gasteiger partial charge in [-0.2, -0.15) is 0 Å². The molecule has 0 aliphatic carbocycles. The molecule has 0 saturated carbocycles. The normalized spacial score (nSPS) is 12.2. The van der Waals surface area contributed by atoms with Gasteiger partial charge < -0.3 is 5.32 Å². The molecule has 19 heavy (non-hydrogen) atoms. The number of benzene rings is 1. The summed E-state index contributed by atoms with van der Waals surface area (Å²) < 4.78 is 1.79. The molecule has 2 aromatic rings. The molecule has 0 bridgehead atoms. The molecule has 0 fully saturated rings. The van der Waals surface area contributed by atoms with Crippen LogP contribution < -0.4 is 5.32 Å². The van der Waals surface area contributed by atoms with Crippen molar-refractivity contribution in [2.75, 3.05) is 0 Å². The van der Waals surface area contributed by atoms with Crippen LogP contribution in [0.25, 0.3) is 0 Å². The molecule has 2 rings (SSSR count). The second kappa shape index (κ2) is 6.39. The van der Waals surface area contributed by atoms with Gasteiger partial charge in [-0.15, -0.1) is 11.3 Å². The first-order valence-electron chi connectivity index (χ1n) is 5.49. The highest BCUT2D eigenvalue weighted by Gasteiger charge is 2.16. The number of nitrogens with one attached hydrogen (secondary N) is 1. The minimum absolute atomic E-state index is 0.108. The van der Waals surface area contributed by atoms with E-state index in [0.717, 1.165) is 13.8 Å². The number of thiophene rings is 1. The molecule has 1 aromatic heterocycles. The molecule has 0 aliphatic rings. The van der Waals surface area contributed by atoms with Crippen molar-refractivity contribution >= 4 is 60.7 Å². The van der Waals surface area contributed by atoms with Crippen molar-refractivity contribution in [2.45, 2.75) is 13.0 Å². The van der Waals surface area contributed by atoms with Crippen molar-refractivity contribution in [3.8, 4) is 0 Å². The van der Waals surface area contributed by atoms with E-state index in [1.807, 2.05) is 31.2 Å². The highest BCUT2D eigenvalue weighted by atomic mass is 79.9. The van der Waals surface area contributed by atoms with Crippen molar-refractivity contribution < 1.29 is 4.79 Å². The zero-order valence-electron chi connectivity index (χ0n) is 9.91. The molecular formula is C13H10Br2ClNOS. The minimum atomic E-state index is -0.138. The summed E-state index contributed by atoms with van der Waals surface area (Å²) in [5, 5.41) is 3.60. The summed E-state index contributed by atoms with van der Waals surface area (Å²) in [5.41, 5.74) is 0.909. The van der Waals surface area contributed by atoms with Gasteiger partial charge in [0.2, 0.25) is 0 Å². The highest BCUT2D eigenvalue weighted by molar-refractivity contribution is 9.13. The molecule has 0 spiro atoms. The number of rotatable bonds is 3. The molecule has 1 aromatic carbocycles. The van der Waals surface area contributed by atoms with E-state index in [1.54, 1.807) is 6.07 Å². The number of hydrogen-bond donors (Lipinski definition) is 1. The zero-order chi connectivity index (χ0) is 14.0. The zero-order valence-corrected chi connectivity index (χ0v) is 14.7. The van der Waals surface area contributed by atoms with Gasteiger partial charge in [-0.3, -0.25) is 4.79 Å². The van der Waals surface area contributed by atoms with Crippen LogP contribution in [0.4, 0.5) is 0 Å². The van der Waals surface area contributed by atoms with E-state index in [1.165, 1.54) is 11.3 Å². The summed E-state index contributed by atoms with van der Waals surface area (Å²) in [6.07, 6.45) is 0. The lowest BCUT2D eigenvalue weighted by molar-refractivity contribution is 0.0944. The van der Waals surface area contributed by atoms with Crippen LogP contribution in [0.1, 0.15) is 28.2 Å². The third-order valence-corrected chi connectivity index (χ3v) is 6.19. The Morgan fingerprint density at radius 3 is 2.63 bits per heavy atom. The maximum Gasteiger partial charge on any atom is 0.261 e. The third kappa shape index (κ3) is 3.60. The van der Waals surface area contributed by atoms with Gasteiger partial charge in [-0.25, -0.2) is 0 Å². The number of amides is 1. The summed E-state index contributed by atoms with van der Waals surface area (Å²) in [7, 11) is 0. The molecule has 100 valence electrons. The number of carbonyl (C=O) groups excluding carboxylic acids is 1. The molecule has 2 nitrogen and oxygen atoms in total. The summed E-state index contributed by atoms with van der Waals surface area (Å²) in [4.78, 5) is 12.8. The predicted molar refractivity (Wildman–Crippen MR) is 87.1 cm³/mol. The van der Waals surface area contributed by atoms with Crippen molar-refractivity contribution in [2.24, 2.45) is 0 Å². The predicted octanol–water partition coefficient (Wildman–Crippen LogP) is 5.42. The molecule has 0 aliphatic heterocycles. The van der Waals surface area contributed by atoms with E-state index in [2.05, 4.69) is 37.2 Å². The fourth-order valence-corrected chi connectivity index (χ4v) is 3.87. The Morgan fingerprint density at radius 1 is 1.37 bits per heavy atom. The Labute approximate surface area is 137 Å². The lowest BCUT2D eigenvalue weighted by Crippen LogP contribution is -2.26. The average molecular weight is 424 g/mol. The van der Waals surface area contributed by atoms with Gasteiger partial charge in [0.25, 0.3) is 5.91 Å². The third-order valence-electron chi connectivity index (χ3n) is 2.59. The molecule has 1 amide bonds. The minimum Gasteiger partial charge on any atom is -0.345 e. The second-order valence-electron chi connectivity index (χ2n) is 3.95. The Balaban J connectivity index is 2.13. The Bertz CT molecular complexity index is 595. The van der Waals surface area contributed by atoms with Gasteiger partial charge in [0.05, 0.1) is 14.7 Å². The summed E-state index contributed by atoms with van der Waals surface area (Å²) in [5.74, 6) is -0.108. The number of hydrogen-bond acceptors (Lipinski definition) is 2. The number of carbonyl (C=O) groups is 1. The van der Waals surface area contributed by atoms with Crippen molar-refractivity contribution in [1.82, 2.24) is 5.32 Å². The van der Waals surface area contributed by atoms with Crippen molar-refractivity contribution in [3.05, 3.63) is 54.1 Å². The Kier molecular flexibility index (Phi) is 5.06. The fourth-order valence-electron chi connectivity index (χ4n) is 1.63. The molecule has 1 heterocycles. The first-order valence-corrected chi connectivity index (χ1v) is 8.27. The van der Waals surface area contributed by atoms with Gasteiger partial charge in [0.1, 0.15) is 0 Å². The van der Waals surface area contributed by atoms with E-state index in [9.17, 15) is 4.79 Å². The largest absolute Gasteiger partial charge is 0.345 e. The molecule has 0 saturated heterocycles. The maximum atomic E-state index is 12.1. The van der Waals surface area contributed by atoms with E-state index in [0.29, 0.717) is 9.90 Å². The van der Waals surface area contributed by atoms with Gasteiger partial charge in [-0.1, -0.05) is 29.8 Å². The molecule has 1 N–H and O–H groups in total. The Hall–Kier alpha value is -0.360. The van der Waals surface area contributed by atoms with E-state index < -0.39 is 0 Å². The van der Waals surface area contributed by atoms with Crippen molar-refractivity contribution in [3.63, 3.8) is 0 Å². The average Bonchev–Trinajstić information content (AvgIpc) is 2.70. The first kappa shape index (κ1) is 15.0. The van der Waals surface area contributed by atoms with E-state index in [4.69, 9.17) is 11.6 Å².